The first-order chi connectivity index (χ1) is 6.88. The molecule has 0 unspecified atom stereocenters. The molecule has 0 amide bonds. The number of hydrogen-bond donors (Lipinski definition) is 2. The summed E-state index contributed by atoms with van der Waals surface area (Å²) in [5, 5.41) is 6.31. The predicted octanol–water partition coefficient (Wildman–Crippen LogP) is 2.15. The first kappa shape index (κ1) is 13.1. The molecular formula is C12H22N2. The van der Waals surface area contributed by atoms with Crippen molar-refractivity contribution >= 4 is 0 Å². The molecule has 0 aliphatic heterocycles. The molecule has 0 heterocycles. The van der Waals surface area contributed by atoms with Gasteiger partial charge in [-0.2, -0.15) is 0 Å². The predicted molar refractivity (Wildman–Crippen MR) is 63.3 cm³/mol. The molecule has 0 aliphatic rings. The van der Waals surface area contributed by atoms with Gasteiger partial charge >= 0.3 is 0 Å². The zero-order valence-electron chi connectivity index (χ0n) is 9.72. The van der Waals surface area contributed by atoms with Gasteiger partial charge in [0.15, 0.2) is 0 Å². The van der Waals surface area contributed by atoms with Gasteiger partial charge in [0, 0.05) is 13.1 Å². The zero-order chi connectivity index (χ0) is 10.8. The fourth-order valence-corrected chi connectivity index (χ4v) is 1.28. The second-order valence-corrected chi connectivity index (χ2v) is 2.83. The van der Waals surface area contributed by atoms with Crippen molar-refractivity contribution in [3.05, 3.63) is 35.4 Å². The summed E-state index contributed by atoms with van der Waals surface area (Å²) >= 11 is 0. The van der Waals surface area contributed by atoms with Crippen LogP contribution in [0.3, 0.4) is 0 Å². The molecule has 0 aliphatic carbocycles. The number of hydrogen-bond acceptors (Lipinski definition) is 2. The second kappa shape index (κ2) is 8.73. The van der Waals surface area contributed by atoms with Crippen molar-refractivity contribution in [1.29, 1.82) is 0 Å². The van der Waals surface area contributed by atoms with E-state index in [0.29, 0.717) is 0 Å². The highest BCUT2D eigenvalue weighted by Crippen LogP contribution is 2.07. The maximum absolute atomic E-state index is 3.16. The summed E-state index contributed by atoms with van der Waals surface area (Å²) in [6.07, 6.45) is 0. The summed E-state index contributed by atoms with van der Waals surface area (Å²) in [6.45, 7) is 5.88. The molecule has 2 N–H and O–H groups in total. The van der Waals surface area contributed by atoms with Gasteiger partial charge < -0.3 is 10.6 Å². The van der Waals surface area contributed by atoms with Crippen molar-refractivity contribution in [3.8, 4) is 0 Å². The van der Waals surface area contributed by atoms with Crippen LogP contribution in [0.4, 0.5) is 0 Å². The van der Waals surface area contributed by atoms with Crippen LogP contribution in [0.25, 0.3) is 0 Å². The highest BCUT2D eigenvalue weighted by molar-refractivity contribution is 5.26. The maximum Gasteiger partial charge on any atom is 0.0205 e. The lowest BCUT2D eigenvalue weighted by Gasteiger charge is -2.07. The van der Waals surface area contributed by atoms with Crippen molar-refractivity contribution in [2.45, 2.75) is 26.9 Å². The largest absolute Gasteiger partial charge is 0.316 e. The molecule has 2 nitrogen and oxygen atoms in total. The normalized spacial score (nSPS) is 9.14. The van der Waals surface area contributed by atoms with Crippen LogP contribution in [0.15, 0.2) is 24.3 Å². The second-order valence-electron chi connectivity index (χ2n) is 2.83. The lowest BCUT2D eigenvalue weighted by molar-refractivity contribution is 0.767. The topological polar surface area (TPSA) is 24.1 Å². The van der Waals surface area contributed by atoms with Crippen LogP contribution in [0.2, 0.25) is 0 Å². The highest BCUT2D eigenvalue weighted by atomic mass is 14.8. The van der Waals surface area contributed by atoms with E-state index in [0.717, 1.165) is 13.1 Å². The average Bonchev–Trinajstić information content (AvgIpc) is 2.25. The fourth-order valence-electron chi connectivity index (χ4n) is 1.28. The Labute approximate surface area is 87.7 Å². The Morgan fingerprint density at radius 1 is 0.857 bits per heavy atom. The third-order valence-corrected chi connectivity index (χ3v) is 1.85. The Bertz CT molecular complexity index is 209. The zero-order valence-corrected chi connectivity index (χ0v) is 9.72. The van der Waals surface area contributed by atoms with Crippen LogP contribution < -0.4 is 10.6 Å². The maximum atomic E-state index is 3.16. The van der Waals surface area contributed by atoms with Crippen molar-refractivity contribution in [3.63, 3.8) is 0 Å². The number of benzene rings is 1. The van der Waals surface area contributed by atoms with Gasteiger partial charge in [-0.05, 0) is 25.2 Å². The fraction of sp³-hybridized carbons (Fsp3) is 0.500. The number of rotatable bonds is 4. The monoisotopic (exact) mass is 194 g/mol. The molecule has 2 heteroatoms. The minimum absolute atomic E-state index is 0.942. The first-order valence-electron chi connectivity index (χ1n) is 5.24. The van der Waals surface area contributed by atoms with Crippen molar-refractivity contribution in [1.82, 2.24) is 10.6 Å². The molecule has 0 saturated heterocycles. The molecular weight excluding hydrogens is 172 g/mol. The summed E-state index contributed by atoms with van der Waals surface area (Å²) in [6, 6.07) is 8.46. The van der Waals surface area contributed by atoms with Crippen LogP contribution >= 0.6 is 0 Å². The SMILES string of the molecule is CC.CNCc1ccccc1CNC. The van der Waals surface area contributed by atoms with E-state index >= 15 is 0 Å². The first-order valence-corrected chi connectivity index (χ1v) is 5.24. The van der Waals surface area contributed by atoms with E-state index < -0.39 is 0 Å². The lowest BCUT2D eigenvalue weighted by Crippen LogP contribution is -2.12. The van der Waals surface area contributed by atoms with Gasteiger partial charge in [-0.25, -0.2) is 0 Å². The summed E-state index contributed by atoms with van der Waals surface area (Å²) in [5.74, 6) is 0. The van der Waals surface area contributed by atoms with Crippen LogP contribution in [-0.4, -0.2) is 14.1 Å². The molecule has 1 aromatic carbocycles. The van der Waals surface area contributed by atoms with E-state index in [1.807, 2.05) is 27.9 Å². The van der Waals surface area contributed by atoms with Gasteiger partial charge in [-0.15, -0.1) is 0 Å². The highest BCUT2D eigenvalue weighted by Gasteiger charge is 1.97. The molecule has 1 rings (SSSR count). The van der Waals surface area contributed by atoms with Crippen LogP contribution in [-0.2, 0) is 13.1 Å². The molecule has 0 saturated carbocycles. The van der Waals surface area contributed by atoms with Crippen LogP contribution in [0.1, 0.15) is 25.0 Å². The molecule has 0 radical (unpaired) electrons. The van der Waals surface area contributed by atoms with E-state index in [4.69, 9.17) is 0 Å². The molecule has 14 heavy (non-hydrogen) atoms. The molecule has 80 valence electrons. The summed E-state index contributed by atoms with van der Waals surface area (Å²) < 4.78 is 0. The van der Waals surface area contributed by atoms with Gasteiger partial charge in [0.1, 0.15) is 0 Å². The Balaban J connectivity index is 0.000000791. The molecule has 0 spiro atoms. The Hall–Kier alpha value is -0.860. The molecule has 0 bridgehead atoms. The van der Waals surface area contributed by atoms with E-state index in [1.165, 1.54) is 11.1 Å². The molecule has 1 aromatic rings. The minimum atomic E-state index is 0.942. The average molecular weight is 194 g/mol. The lowest BCUT2D eigenvalue weighted by atomic mass is 10.1. The summed E-state index contributed by atoms with van der Waals surface area (Å²) in [5.41, 5.74) is 2.74. The minimum Gasteiger partial charge on any atom is -0.316 e. The smallest absolute Gasteiger partial charge is 0.0205 e. The van der Waals surface area contributed by atoms with Crippen LogP contribution in [0, 0.1) is 0 Å². The number of nitrogens with one attached hydrogen (secondary N) is 2. The Kier molecular flexibility index (Phi) is 8.19. The summed E-state index contributed by atoms with van der Waals surface area (Å²) in [4.78, 5) is 0. The Morgan fingerprint density at radius 2 is 1.21 bits per heavy atom. The van der Waals surface area contributed by atoms with E-state index in [-0.39, 0.29) is 0 Å². The third kappa shape index (κ3) is 4.40. The van der Waals surface area contributed by atoms with E-state index in [1.54, 1.807) is 0 Å². The van der Waals surface area contributed by atoms with Crippen molar-refractivity contribution in [2.75, 3.05) is 14.1 Å². The van der Waals surface area contributed by atoms with Crippen LogP contribution in [0.5, 0.6) is 0 Å². The standard InChI is InChI=1S/C10H16N2.C2H6/c1-11-7-9-5-3-4-6-10(9)8-12-2;1-2/h3-6,11-12H,7-8H2,1-2H3;1-2H3. The summed E-state index contributed by atoms with van der Waals surface area (Å²) in [7, 11) is 3.94. The van der Waals surface area contributed by atoms with Crippen molar-refractivity contribution in [2.24, 2.45) is 0 Å². The third-order valence-electron chi connectivity index (χ3n) is 1.85. The Morgan fingerprint density at radius 3 is 1.50 bits per heavy atom. The van der Waals surface area contributed by atoms with Crippen molar-refractivity contribution < 1.29 is 0 Å². The molecule has 0 fully saturated rings. The van der Waals surface area contributed by atoms with Gasteiger partial charge in [0.2, 0.25) is 0 Å². The van der Waals surface area contributed by atoms with Gasteiger partial charge in [-0.3, -0.25) is 0 Å². The van der Waals surface area contributed by atoms with E-state index in [9.17, 15) is 0 Å². The van der Waals surface area contributed by atoms with Gasteiger partial charge in [0.05, 0.1) is 0 Å². The van der Waals surface area contributed by atoms with Gasteiger partial charge in [0.25, 0.3) is 0 Å². The molecule has 0 aromatic heterocycles. The quantitative estimate of drug-likeness (QED) is 0.767. The van der Waals surface area contributed by atoms with E-state index in [2.05, 4.69) is 34.9 Å². The molecule has 0 atom stereocenters. The van der Waals surface area contributed by atoms with Gasteiger partial charge in [-0.1, -0.05) is 38.1 Å².